The lowest BCUT2D eigenvalue weighted by atomic mass is 10.0. The van der Waals surface area contributed by atoms with Gasteiger partial charge in [-0.1, -0.05) is 212 Å². The average molecular weight is 929 g/mol. The predicted molar refractivity (Wildman–Crippen MR) is 261 cm³/mol. The van der Waals surface area contributed by atoms with Gasteiger partial charge in [0.05, 0.1) is 19.8 Å². The molecular formula is C52H97O11P. The number of hydrogen-bond donors (Lipinski definition) is 2. The first-order valence-electron chi connectivity index (χ1n) is 26.2. The van der Waals surface area contributed by atoms with E-state index in [4.69, 9.17) is 23.3 Å². The van der Waals surface area contributed by atoms with Crippen molar-refractivity contribution in [1.29, 1.82) is 0 Å². The predicted octanol–water partition coefficient (Wildman–Crippen LogP) is 14.7. The summed E-state index contributed by atoms with van der Waals surface area (Å²) in [4.78, 5) is 48.2. The average Bonchev–Trinajstić information content (AvgIpc) is 3.28. The lowest BCUT2D eigenvalue weighted by Gasteiger charge is -2.21. The third-order valence-corrected chi connectivity index (χ3v) is 12.3. The van der Waals surface area contributed by atoms with Crippen molar-refractivity contribution in [2.75, 3.05) is 26.4 Å². The van der Waals surface area contributed by atoms with Crippen LogP contribution in [-0.4, -0.2) is 66.5 Å². The summed E-state index contributed by atoms with van der Waals surface area (Å²) in [5.41, 5.74) is 0. The van der Waals surface area contributed by atoms with Crippen molar-refractivity contribution < 1.29 is 52.2 Å². The number of allylic oxidation sites excluding steroid dienone is 4. The quantitative estimate of drug-likeness (QED) is 0.0197. The molecule has 0 saturated heterocycles. The van der Waals surface area contributed by atoms with Crippen molar-refractivity contribution in [2.24, 2.45) is 0 Å². The summed E-state index contributed by atoms with van der Waals surface area (Å²) in [5.74, 6) is -1.46. The fourth-order valence-electron chi connectivity index (χ4n) is 7.34. The Balaban J connectivity index is 4.73. The number of ether oxygens (including phenoxy) is 3. The third kappa shape index (κ3) is 45.1. The maximum Gasteiger partial charge on any atom is 0.472 e. The number of phosphoric ester groups is 1. The number of unbranched alkanes of at least 4 members (excludes halogenated alkanes) is 28. The van der Waals surface area contributed by atoms with Gasteiger partial charge in [0.15, 0.2) is 6.10 Å². The summed E-state index contributed by atoms with van der Waals surface area (Å²) in [7, 11) is -4.73. The van der Waals surface area contributed by atoms with Gasteiger partial charge in [-0.05, 0) is 44.9 Å². The van der Waals surface area contributed by atoms with E-state index in [1.165, 1.54) is 109 Å². The summed E-state index contributed by atoms with van der Waals surface area (Å²) < 4.78 is 39.3. The molecule has 12 heteroatoms. The van der Waals surface area contributed by atoms with Gasteiger partial charge in [0, 0.05) is 19.3 Å². The third-order valence-electron chi connectivity index (χ3n) is 11.4. The molecule has 0 radical (unpaired) electrons. The number of aliphatic hydroxyl groups is 1. The van der Waals surface area contributed by atoms with Crippen molar-refractivity contribution >= 4 is 25.7 Å². The van der Waals surface area contributed by atoms with E-state index in [2.05, 4.69) is 45.1 Å². The molecule has 0 aromatic rings. The highest BCUT2D eigenvalue weighted by atomic mass is 31.2. The van der Waals surface area contributed by atoms with E-state index in [9.17, 15) is 28.9 Å². The van der Waals surface area contributed by atoms with E-state index < -0.39 is 57.8 Å². The molecule has 0 aliphatic carbocycles. The number of phosphoric acid groups is 1. The Bertz CT molecular complexity index is 1180. The standard InChI is InChI=1S/C52H97O11P/c1-4-7-10-13-16-19-22-24-27-29-32-35-38-41-50(54)59-45-49(63-52(56)43-40-37-34-31-28-25-23-20-17-14-11-8-5-2)47-61-64(57,58)60-46-48(44-53)62-51(55)42-39-36-33-30-26-21-18-15-12-9-6-3/h10,13,19,22,48-49,53H,4-9,11-12,14-18,20-21,23-47H2,1-3H3,(H,57,58)/b13-10-,22-19-. The highest BCUT2D eigenvalue weighted by Gasteiger charge is 2.28. The zero-order valence-corrected chi connectivity index (χ0v) is 42.2. The Morgan fingerprint density at radius 2 is 0.797 bits per heavy atom. The van der Waals surface area contributed by atoms with Crippen LogP contribution < -0.4 is 0 Å². The topological polar surface area (TPSA) is 155 Å². The molecule has 0 heterocycles. The van der Waals surface area contributed by atoms with Crippen molar-refractivity contribution in [2.45, 2.75) is 264 Å². The summed E-state index contributed by atoms with van der Waals surface area (Å²) in [5, 5.41) is 9.76. The minimum atomic E-state index is -4.73. The fourth-order valence-corrected chi connectivity index (χ4v) is 8.12. The number of aliphatic hydroxyl groups excluding tert-OH is 1. The van der Waals surface area contributed by atoms with Crippen LogP contribution in [0.4, 0.5) is 0 Å². The van der Waals surface area contributed by atoms with Crippen molar-refractivity contribution in [1.82, 2.24) is 0 Å². The maximum atomic E-state index is 12.8. The molecule has 0 amide bonds. The Hall–Kier alpha value is -2.04. The Labute approximate surface area is 391 Å². The molecule has 0 aromatic heterocycles. The molecule has 3 unspecified atom stereocenters. The van der Waals surface area contributed by atoms with Crippen molar-refractivity contribution in [3.8, 4) is 0 Å². The summed E-state index contributed by atoms with van der Waals surface area (Å²) in [6, 6.07) is 0. The van der Waals surface area contributed by atoms with Crippen molar-refractivity contribution in [3.63, 3.8) is 0 Å². The monoisotopic (exact) mass is 929 g/mol. The van der Waals surface area contributed by atoms with E-state index in [1.54, 1.807) is 0 Å². The number of esters is 3. The van der Waals surface area contributed by atoms with Gasteiger partial charge in [0.2, 0.25) is 0 Å². The van der Waals surface area contributed by atoms with Crippen molar-refractivity contribution in [3.05, 3.63) is 24.3 Å². The van der Waals surface area contributed by atoms with Gasteiger partial charge in [-0.15, -0.1) is 0 Å². The van der Waals surface area contributed by atoms with Crippen LogP contribution in [0.1, 0.15) is 252 Å². The Kier molecular flexibility index (Phi) is 45.9. The molecule has 2 N–H and O–H groups in total. The minimum absolute atomic E-state index is 0.171. The van der Waals surface area contributed by atoms with Gasteiger partial charge in [0.1, 0.15) is 12.7 Å². The fraction of sp³-hybridized carbons (Fsp3) is 0.865. The molecule has 0 spiro atoms. The molecular weight excluding hydrogens is 832 g/mol. The first-order valence-corrected chi connectivity index (χ1v) is 27.7. The first kappa shape index (κ1) is 62.0. The minimum Gasteiger partial charge on any atom is -0.462 e. The maximum absolute atomic E-state index is 12.8. The lowest BCUT2D eigenvalue weighted by molar-refractivity contribution is -0.161. The molecule has 11 nitrogen and oxygen atoms in total. The zero-order valence-electron chi connectivity index (χ0n) is 41.3. The van der Waals surface area contributed by atoms with E-state index in [0.29, 0.717) is 19.3 Å². The Morgan fingerprint density at radius 1 is 0.438 bits per heavy atom. The van der Waals surface area contributed by atoms with Crippen LogP contribution in [0, 0.1) is 0 Å². The second kappa shape index (κ2) is 47.5. The summed E-state index contributed by atoms with van der Waals surface area (Å²) >= 11 is 0. The SMILES string of the molecule is CCC/C=C\C/C=C\CCCCCCCC(=O)OCC(COP(=O)(O)OCC(CO)OC(=O)CCCCCCCCCCCCC)OC(=O)CCCCCCCCCCCCCCC. The van der Waals surface area contributed by atoms with Crippen LogP contribution in [0.5, 0.6) is 0 Å². The van der Waals surface area contributed by atoms with Gasteiger partial charge in [-0.25, -0.2) is 4.57 Å². The van der Waals surface area contributed by atoms with Gasteiger partial charge in [0.25, 0.3) is 0 Å². The van der Waals surface area contributed by atoms with Gasteiger partial charge < -0.3 is 24.2 Å². The molecule has 0 aliphatic heterocycles. The number of carbonyl (C=O) groups excluding carboxylic acids is 3. The van der Waals surface area contributed by atoms with Crippen LogP contribution in [-0.2, 0) is 42.2 Å². The first-order chi connectivity index (χ1) is 31.2. The number of carbonyl (C=O) groups is 3. The van der Waals surface area contributed by atoms with Crippen LogP contribution in [0.2, 0.25) is 0 Å². The molecule has 0 rings (SSSR count). The Morgan fingerprint density at radius 3 is 1.22 bits per heavy atom. The largest absolute Gasteiger partial charge is 0.472 e. The molecule has 0 saturated carbocycles. The number of hydrogen-bond acceptors (Lipinski definition) is 10. The van der Waals surface area contributed by atoms with Gasteiger partial charge in [-0.3, -0.25) is 23.4 Å². The molecule has 64 heavy (non-hydrogen) atoms. The van der Waals surface area contributed by atoms with E-state index in [-0.39, 0.29) is 25.9 Å². The molecule has 0 fully saturated rings. The number of rotatable bonds is 49. The second-order valence-electron chi connectivity index (χ2n) is 17.7. The smallest absolute Gasteiger partial charge is 0.462 e. The normalized spacial score (nSPS) is 13.6. The van der Waals surface area contributed by atoms with Crippen LogP contribution in [0.15, 0.2) is 24.3 Å². The second-order valence-corrected chi connectivity index (χ2v) is 19.2. The lowest BCUT2D eigenvalue weighted by Crippen LogP contribution is -2.30. The molecule has 0 aromatic carbocycles. The van der Waals surface area contributed by atoms with E-state index in [0.717, 1.165) is 83.5 Å². The molecule has 3 atom stereocenters. The molecule has 376 valence electrons. The molecule has 0 bridgehead atoms. The highest BCUT2D eigenvalue weighted by molar-refractivity contribution is 7.47. The van der Waals surface area contributed by atoms with Gasteiger partial charge in [-0.2, -0.15) is 0 Å². The van der Waals surface area contributed by atoms with Crippen LogP contribution in [0.25, 0.3) is 0 Å². The summed E-state index contributed by atoms with van der Waals surface area (Å²) in [6.45, 7) is 4.57. The van der Waals surface area contributed by atoms with Gasteiger partial charge >= 0.3 is 25.7 Å². The molecule has 0 aliphatic rings. The van der Waals surface area contributed by atoms with E-state index in [1.807, 2.05) is 0 Å². The summed E-state index contributed by atoms with van der Waals surface area (Å²) in [6.07, 6.45) is 44.3. The van der Waals surface area contributed by atoms with Crippen LogP contribution >= 0.6 is 7.82 Å². The highest BCUT2D eigenvalue weighted by Crippen LogP contribution is 2.43. The zero-order chi connectivity index (χ0) is 47.0. The van der Waals surface area contributed by atoms with Crippen LogP contribution in [0.3, 0.4) is 0 Å². The van der Waals surface area contributed by atoms with E-state index >= 15 is 0 Å².